The summed E-state index contributed by atoms with van der Waals surface area (Å²) in [7, 11) is 1.66. The van der Waals surface area contributed by atoms with Crippen molar-refractivity contribution >= 4 is 22.6 Å². The molecule has 28 heavy (non-hydrogen) atoms. The minimum absolute atomic E-state index is 0.202. The Morgan fingerprint density at radius 1 is 1.25 bits per heavy atom. The number of nitrogens with zero attached hydrogens (tertiary/aromatic N) is 4. The number of pyridine rings is 2. The molecule has 8 nitrogen and oxygen atoms in total. The second kappa shape index (κ2) is 9.27. The number of aromatic nitrogens is 4. The van der Waals surface area contributed by atoms with Gasteiger partial charge >= 0.3 is 0 Å². The van der Waals surface area contributed by atoms with Crippen LogP contribution in [0.15, 0.2) is 36.9 Å². The average Bonchev–Trinajstić information content (AvgIpc) is 3.16. The Bertz CT molecular complexity index is 925. The Kier molecular flexibility index (Phi) is 6.54. The first-order chi connectivity index (χ1) is 13.7. The highest BCUT2D eigenvalue weighted by Crippen LogP contribution is 2.27. The highest BCUT2D eigenvalue weighted by atomic mass is 16.5. The lowest BCUT2D eigenvalue weighted by molar-refractivity contribution is 0.0950. The van der Waals surface area contributed by atoms with E-state index in [1.165, 1.54) is 0 Å². The van der Waals surface area contributed by atoms with Crippen LogP contribution in [0.25, 0.3) is 11.0 Å². The molecule has 148 valence electrons. The molecule has 8 heteroatoms. The average molecular weight is 382 g/mol. The van der Waals surface area contributed by atoms with E-state index in [0.717, 1.165) is 29.4 Å². The van der Waals surface area contributed by atoms with E-state index in [1.807, 2.05) is 19.1 Å². The van der Waals surface area contributed by atoms with Gasteiger partial charge in [0.15, 0.2) is 5.65 Å². The summed E-state index contributed by atoms with van der Waals surface area (Å²) in [5.74, 6) is -0.204. The fraction of sp³-hybridized carbons (Fsp3) is 0.400. The van der Waals surface area contributed by atoms with Crippen LogP contribution in [0.1, 0.15) is 42.6 Å². The summed E-state index contributed by atoms with van der Waals surface area (Å²) in [6.07, 6.45) is 8.32. The van der Waals surface area contributed by atoms with Gasteiger partial charge in [-0.25, -0.2) is 9.67 Å². The van der Waals surface area contributed by atoms with Crippen molar-refractivity contribution < 1.29 is 9.53 Å². The van der Waals surface area contributed by atoms with Gasteiger partial charge in [-0.2, -0.15) is 5.10 Å². The van der Waals surface area contributed by atoms with Crippen molar-refractivity contribution in [1.29, 1.82) is 0 Å². The maximum atomic E-state index is 12.9. The molecule has 0 bridgehead atoms. The van der Waals surface area contributed by atoms with Crippen molar-refractivity contribution in [3.05, 3.63) is 48.0 Å². The summed E-state index contributed by atoms with van der Waals surface area (Å²) in [5, 5.41) is 11.5. The van der Waals surface area contributed by atoms with Crippen LogP contribution >= 0.6 is 0 Å². The van der Waals surface area contributed by atoms with E-state index in [2.05, 4.69) is 32.6 Å². The molecule has 2 N–H and O–H groups in total. The van der Waals surface area contributed by atoms with Gasteiger partial charge in [-0.05, 0) is 31.0 Å². The van der Waals surface area contributed by atoms with E-state index in [0.29, 0.717) is 24.3 Å². The van der Waals surface area contributed by atoms with Gasteiger partial charge < -0.3 is 15.4 Å². The number of amides is 1. The van der Waals surface area contributed by atoms with Crippen LogP contribution in [0.3, 0.4) is 0 Å². The summed E-state index contributed by atoms with van der Waals surface area (Å²) < 4.78 is 7.35. The highest BCUT2D eigenvalue weighted by Gasteiger charge is 2.20. The molecule has 0 spiro atoms. The molecule has 1 amide bonds. The molecule has 3 rings (SSSR count). The van der Waals surface area contributed by atoms with E-state index < -0.39 is 0 Å². The molecule has 3 aromatic rings. The molecule has 0 fully saturated rings. The van der Waals surface area contributed by atoms with Crippen LogP contribution in [-0.2, 0) is 17.8 Å². The van der Waals surface area contributed by atoms with Crippen LogP contribution in [0.4, 0.5) is 5.69 Å². The third-order valence-electron chi connectivity index (χ3n) is 4.55. The van der Waals surface area contributed by atoms with Crippen LogP contribution in [0.2, 0.25) is 0 Å². The Morgan fingerprint density at radius 3 is 2.71 bits per heavy atom. The molecule has 0 saturated carbocycles. The van der Waals surface area contributed by atoms with Crippen molar-refractivity contribution in [1.82, 2.24) is 25.1 Å². The molecular formula is C20H26N6O2. The predicted molar refractivity (Wildman–Crippen MR) is 108 cm³/mol. The lowest BCUT2D eigenvalue weighted by Crippen LogP contribution is -2.27. The molecular weight excluding hydrogens is 356 g/mol. The number of methoxy groups -OCH3 is 1. The van der Waals surface area contributed by atoms with Gasteiger partial charge in [0.25, 0.3) is 5.91 Å². The molecule has 0 radical (unpaired) electrons. The summed E-state index contributed by atoms with van der Waals surface area (Å²) >= 11 is 0. The van der Waals surface area contributed by atoms with Crippen LogP contribution in [-0.4, -0.2) is 39.0 Å². The van der Waals surface area contributed by atoms with E-state index >= 15 is 0 Å². The zero-order chi connectivity index (χ0) is 19.9. The Balaban J connectivity index is 1.93. The normalized spacial score (nSPS) is 12.1. The van der Waals surface area contributed by atoms with Crippen LogP contribution < -0.4 is 10.6 Å². The van der Waals surface area contributed by atoms with Gasteiger partial charge in [0, 0.05) is 38.8 Å². The number of carbonyl (C=O) groups is 1. The molecule has 0 aromatic carbocycles. The first-order valence-electron chi connectivity index (χ1n) is 9.48. The largest absolute Gasteiger partial charge is 0.362 e. The quantitative estimate of drug-likeness (QED) is 0.553. The first kappa shape index (κ1) is 19.8. The van der Waals surface area contributed by atoms with Gasteiger partial charge in [0.1, 0.15) is 6.23 Å². The number of fused-ring (bicyclic) bond motifs is 1. The van der Waals surface area contributed by atoms with Gasteiger partial charge in [0.05, 0.1) is 22.8 Å². The van der Waals surface area contributed by atoms with Crippen molar-refractivity contribution in [2.75, 3.05) is 12.4 Å². The van der Waals surface area contributed by atoms with Crippen LogP contribution in [0.5, 0.6) is 0 Å². The SMILES string of the molecule is CCCC(Nc1c(C(=O)NCc2ccncc2)cnc2c1cnn2CC)OC. The Labute approximate surface area is 164 Å². The number of anilines is 1. The monoisotopic (exact) mass is 382 g/mol. The number of ether oxygens (including phenoxy) is 1. The maximum Gasteiger partial charge on any atom is 0.255 e. The lowest BCUT2D eigenvalue weighted by Gasteiger charge is -2.20. The summed E-state index contributed by atoms with van der Waals surface area (Å²) in [4.78, 5) is 21.4. The fourth-order valence-electron chi connectivity index (χ4n) is 3.04. The third kappa shape index (κ3) is 4.28. The number of rotatable bonds is 9. The topological polar surface area (TPSA) is 94.0 Å². The van der Waals surface area contributed by atoms with Crippen molar-refractivity contribution in [2.45, 2.75) is 46.0 Å². The van der Waals surface area contributed by atoms with E-state index in [1.54, 1.807) is 36.6 Å². The molecule has 0 aliphatic rings. The minimum Gasteiger partial charge on any atom is -0.362 e. The number of carbonyl (C=O) groups excluding carboxylic acids is 1. The van der Waals surface area contributed by atoms with Gasteiger partial charge in [-0.3, -0.25) is 9.78 Å². The Morgan fingerprint density at radius 2 is 2.04 bits per heavy atom. The zero-order valence-corrected chi connectivity index (χ0v) is 16.5. The first-order valence-corrected chi connectivity index (χ1v) is 9.48. The Hall–Kier alpha value is -3.00. The lowest BCUT2D eigenvalue weighted by atomic mass is 10.1. The molecule has 0 aliphatic carbocycles. The van der Waals surface area contributed by atoms with E-state index in [-0.39, 0.29) is 12.1 Å². The third-order valence-corrected chi connectivity index (χ3v) is 4.55. The zero-order valence-electron chi connectivity index (χ0n) is 16.5. The molecule has 1 unspecified atom stereocenters. The van der Waals surface area contributed by atoms with Gasteiger partial charge in [-0.1, -0.05) is 13.3 Å². The smallest absolute Gasteiger partial charge is 0.255 e. The number of hydrogen-bond acceptors (Lipinski definition) is 6. The summed E-state index contributed by atoms with van der Waals surface area (Å²) in [5.41, 5.74) is 2.88. The molecule has 0 aliphatic heterocycles. The predicted octanol–water partition coefficient (Wildman–Crippen LogP) is 2.96. The summed E-state index contributed by atoms with van der Waals surface area (Å²) in [6.45, 7) is 5.21. The fourth-order valence-corrected chi connectivity index (χ4v) is 3.04. The number of hydrogen-bond donors (Lipinski definition) is 2. The second-order valence-corrected chi connectivity index (χ2v) is 6.44. The molecule has 0 saturated heterocycles. The molecule has 3 aromatic heterocycles. The second-order valence-electron chi connectivity index (χ2n) is 6.44. The molecule has 1 atom stereocenters. The summed E-state index contributed by atoms with van der Waals surface area (Å²) in [6, 6.07) is 3.74. The minimum atomic E-state index is -0.204. The maximum absolute atomic E-state index is 12.9. The number of nitrogens with one attached hydrogen (secondary N) is 2. The molecule has 3 heterocycles. The standard InChI is InChI=1S/C20H26N6O2/c1-4-6-17(28-3)25-18-15-13-24-26(5-2)19(15)22-12-16(18)20(27)23-11-14-7-9-21-10-8-14/h7-10,12-13,17H,4-6,11H2,1-3H3,(H,22,25)(H,23,27). The van der Waals surface area contributed by atoms with Gasteiger partial charge in [0.2, 0.25) is 0 Å². The van der Waals surface area contributed by atoms with Crippen molar-refractivity contribution in [2.24, 2.45) is 0 Å². The van der Waals surface area contributed by atoms with Crippen molar-refractivity contribution in [3.63, 3.8) is 0 Å². The van der Waals surface area contributed by atoms with Gasteiger partial charge in [-0.15, -0.1) is 0 Å². The highest BCUT2D eigenvalue weighted by molar-refractivity contribution is 6.06. The van der Waals surface area contributed by atoms with E-state index in [9.17, 15) is 4.79 Å². The number of aryl methyl sites for hydroxylation is 1. The van der Waals surface area contributed by atoms with Crippen LogP contribution in [0, 0.1) is 0 Å². The van der Waals surface area contributed by atoms with Crippen molar-refractivity contribution in [3.8, 4) is 0 Å². The van der Waals surface area contributed by atoms with E-state index in [4.69, 9.17) is 4.74 Å².